The Labute approximate surface area is 124 Å². The first kappa shape index (κ1) is 13.9. The molecule has 6 nitrogen and oxygen atoms in total. The molecule has 0 saturated heterocycles. The van der Waals surface area contributed by atoms with Gasteiger partial charge in [0.1, 0.15) is 23.2 Å². The second-order valence-electron chi connectivity index (χ2n) is 4.46. The molecule has 1 aromatic carbocycles. The molecular formula is C14H11F2N5O. The molecule has 0 saturated carbocycles. The first-order chi connectivity index (χ1) is 10.6. The molecular weight excluding hydrogens is 292 g/mol. The number of nitrogens with one attached hydrogen (secondary N) is 2. The van der Waals surface area contributed by atoms with Crippen LogP contribution >= 0.6 is 0 Å². The molecule has 0 fully saturated rings. The quantitative estimate of drug-likeness (QED) is 0.768. The summed E-state index contributed by atoms with van der Waals surface area (Å²) in [6.45, 7) is 1.77. The minimum Gasteiger partial charge on any atom is -0.360 e. The van der Waals surface area contributed by atoms with E-state index >= 15 is 0 Å². The Morgan fingerprint density at radius 3 is 2.64 bits per heavy atom. The number of benzene rings is 1. The number of hydrogen-bond donors (Lipinski definition) is 2. The van der Waals surface area contributed by atoms with Gasteiger partial charge in [0.25, 0.3) is 0 Å². The maximum Gasteiger partial charge on any atom is 0.229 e. The van der Waals surface area contributed by atoms with Crippen LogP contribution in [0.1, 0.15) is 5.76 Å². The number of aromatic nitrogens is 3. The highest BCUT2D eigenvalue weighted by Crippen LogP contribution is 2.20. The predicted molar refractivity (Wildman–Crippen MR) is 76.2 cm³/mol. The number of anilines is 4. The zero-order chi connectivity index (χ0) is 15.5. The van der Waals surface area contributed by atoms with Crippen LogP contribution in [0.2, 0.25) is 0 Å². The van der Waals surface area contributed by atoms with E-state index in [1.807, 2.05) is 0 Å². The van der Waals surface area contributed by atoms with Crippen LogP contribution in [0.4, 0.5) is 32.1 Å². The van der Waals surface area contributed by atoms with Crippen molar-refractivity contribution >= 4 is 23.3 Å². The lowest BCUT2D eigenvalue weighted by molar-refractivity contribution is 0.400. The minimum atomic E-state index is -0.728. The van der Waals surface area contributed by atoms with E-state index in [0.29, 0.717) is 17.4 Å². The summed E-state index contributed by atoms with van der Waals surface area (Å²) in [6, 6.07) is 6.52. The molecule has 0 aliphatic rings. The van der Waals surface area contributed by atoms with Gasteiger partial charge in [0.05, 0.1) is 5.69 Å². The molecule has 3 aromatic rings. The van der Waals surface area contributed by atoms with E-state index in [1.54, 1.807) is 19.1 Å². The van der Waals surface area contributed by atoms with Gasteiger partial charge in [-0.3, -0.25) is 0 Å². The van der Waals surface area contributed by atoms with E-state index in [-0.39, 0.29) is 11.6 Å². The normalized spacial score (nSPS) is 10.5. The number of hydrogen-bond acceptors (Lipinski definition) is 6. The van der Waals surface area contributed by atoms with Crippen LogP contribution in [0.25, 0.3) is 0 Å². The molecule has 8 heteroatoms. The summed E-state index contributed by atoms with van der Waals surface area (Å²) in [5.41, 5.74) is 0.0795. The number of halogens is 2. The van der Waals surface area contributed by atoms with Gasteiger partial charge in [0.2, 0.25) is 5.95 Å². The predicted octanol–water partition coefficient (Wildman–Crippen LogP) is 3.54. The standard InChI is InChI=1S/C14H11F2N5O/c1-8-6-13(21-22-8)19-12-4-5-17-14(20-12)18-11-3-2-9(15)7-10(11)16/h2-7H,1H3,(H2,17,18,19,20,21). The average molecular weight is 303 g/mol. The van der Waals surface area contributed by atoms with Crippen LogP contribution in [0.3, 0.4) is 0 Å². The van der Waals surface area contributed by atoms with E-state index in [4.69, 9.17) is 4.52 Å². The van der Waals surface area contributed by atoms with Crippen LogP contribution in [0.15, 0.2) is 41.1 Å². The van der Waals surface area contributed by atoms with Crippen molar-refractivity contribution in [2.24, 2.45) is 0 Å². The number of nitrogens with zero attached hydrogens (tertiary/aromatic N) is 3. The largest absolute Gasteiger partial charge is 0.360 e. The van der Waals surface area contributed by atoms with E-state index in [0.717, 1.165) is 12.1 Å². The summed E-state index contributed by atoms with van der Waals surface area (Å²) in [5.74, 6) is 0.386. The Bertz CT molecular complexity index is 805. The smallest absolute Gasteiger partial charge is 0.229 e. The highest BCUT2D eigenvalue weighted by Gasteiger charge is 2.07. The first-order valence-corrected chi connectivity index (χ1v) is 6.35. The molecule has 0 radical (unpaired) electrons. The van der Waals surface area contributed by atoms with Crippen molar-refractivity contribution in [2.45, 2.75) is 6.92 Å². The zero-order valence-electron chi connectivity index (χ0n) is 11.5. The lowest BCUT2D eigenvalue weighted by atomic mass is 10.3. The monoisotopic (exact) mass is 303 g/mol. The Morgan fingerprint density at radius 2 is 1.91 bits per heavy atom. The first-order valence-electron chi connectivity index (χ1n) is 6.35. The third-order valence-corrected chi connectivity index (χ3v) is 2.72. The third-order valence-electron chi connectivity index (χ3n) is 2.72. The SMILES string of the molecule is Cc1cc(Nc2ccnc(Nc3ccc(F)cc3F)n2)no1. The van der Waals surface area contributed by atoms with Crippen molar-refractivity contribution in [1.82, 2.24) is 15.1 Å². The molecule has 2 aromatic heterocycles. The van der Waals surface area contributed by atoms with Gasteiger partial charge in [-0.05, 0) is 25.1 Å². The summed E-state index contributed by atoms with van der Waals surface area (Å²) >= 11 is 0. The van der Waals surface area contributed by atoms with E-state index in [2.05, 4.69) is 25.8 Å². The van der Waals surface area contributed by atoms with Crippen LogP contribution in [-0.4, -0.2) is 15.1 Å². The van der Waals surface area contributed by atoms with Crippen molar-refractivity contribution < 1.29 is 13.3 Å². The Morgan fingerprint density at radius 1 is 1.05 bits per heavy atom. The molecule has 0 aliphatic carbocycles. The summed E-state index contributed by atoms with van der Waals surface area (Å²) in [4.78, 5) is 8.14. The van der Waals surface area contributed by atoms with Crippen molar-refractivity contribution in [3.05, 3.63) is 53.9 Å². The maximum atomic E-state index is 13.6. The molecule has 0 bridgehead atoms. The summed E-state index contributed by atoms with van der Waals surface area (Å²) in [5, 5.41) is 9.39. The van der Waals surface area contributed by atoms with Gasteiger partial charge < -0.3 is 15.2 Å². The van der Waals surface area contributed by atoms with Gasteiger partial charge in [0.15, 0.2) is 5.82 Å². The van der Waals surface area contributed by atoms with Crippen molar-refractivity contribution in [2.75, 3.05) is 10.6 Å². The lowest BCUT2D eigenvalue weighted by Gasteiger charge is -2.07. The van der Waals surface area contributed by atoms with Crippen LogP contribution in [-0.2, 0) is 0 Å². The van der Waals surface area contributed by atoms with Gasteiger partial charge in [-0.25, -0.2) is 13.8 Å². The van der Waals surface area contributed by atoms with Crippen LogP contribution in [0.5, 0.6) is 0 Å². The second-order valence-corrected chi connectivity index (χ2v) is 4.46. The molecule has 2 N–H and O–H groups in total. The molecule has 2 heterocycles. The van der Waals surface area contributed by atoms with E-state index < -0.39 is 11.6 Å². The summed E-state index contributed by atoms with van der Waals surface area (Å²) < 4.78 is 31.4. The highest BCUT2D eigenvalue weighted by atomic mass is 19.1. The molecule has 112 valence electrons. The lowest BCUT2D eigenvalue weighted by Crippen LogP contribution is -2.02. The van der Waals surface area contributed by atoms with Gasteiger partial charge in [-0.2, -0.15) is 4.98 Å². The summed E-state index contributed by atoms with van der Waals surface area (Å²) in [6.07, 6.45) is 1.49. The molecule has 0 atom stereocenters. The van der Waals surface area contributed by atoms with Gasteiger partial charge in [-0.15, -0.1) is 0 Å². The topological polar surface area (TPSA) is 75.9 Å². The molecule has 0 unspecified atom stereocenters. The van der Waals surface area contributed by atoms with E-state index in [1.165, 1.54) is 12.3 Å². The summed E-state index contributed by atoms with van der Waals surface area (Å²) in [7, 11) is 0. The average Bonchev–Trinajstić information content (AvgIpc) is 2.88. The van der Waals surface area contributed by atoms with Crippen LogP contribution < -0.4 is 10.6 Å². The van der Waals surface area contributed by atoms with Gasteiger partial charge in [0, 0.05) is 18.3 Å². The minimum absolute atomic E-state index is 0.0795. The fourth-order valence-corrected chi connectivity index (χ4v) is 1.76. The number of aryl methyl sites for hydroxylation is 1. The Hall–Kier alpha value is -3.03. The van der Waals surface area contributed by atoms with Gasteiger partial charge in [-0.1, -0.05) is 5.16 Å². The zero-order valence-corrected chi connectivity index (χ0v) is 11.5. The molecule has 22 heavy (non-hydrogen) atoms. The van der Waals surface area contributed by atoms with E-state index in [9.17, 15) is 8.78 Å². The van der Waals surface area contributed by atoms with Gasteiger partial charge >= 0.3 is 0 Å². The Balaban J connectivity index is 1.78. The second kappa shape index (κ2) is 5.76. The molecule has 0 aliphatic heterocycles. The third kappa shape index (κ3) is 3.17. The van der Waals surface area contributed by atoms with Crippen molar-refractivity contribution in [3.63, 3.8) is 0 Å². The van der Waals surface area contributed by atoms with Crippen molar-refractivity contribution in [1.29, 1.82) is 0 Å². The van der Waals surface area contributed by atoms with Crippen LogP contribution in [0, 0.1) is 18.6 Å². The fraction of sp³-hybridized carbons (Fsp3) is 0.0714. The highest BCUT2D eigenvalue weighted by molar-refractivity contribution is 5.57. The number of rotatable bonds is 4. The molecule has 0 spiro atoms. The Kier molecular flexibility index (Phi) is 3.65. The molecule has 0 amide bonds. The fourth-order valence-electron chi connectivity index (χ4n) is 1.76. The van der Waals surface area contributed by atoms with Crippen molar-refractivity contribution in [3.8, 4) is 0 Å². The molecule has 3 rings (SSSR count). The maximum absolute atomic E-state index is 13.6.